The first-order chi connectivity index (χ1) is 11.6. The van der Waals surface area contributed by atoms with Gasteiger partial charge in [0.15, 0.2) is 0 Å². The van der Waals surface area contributed by atoms with E-state index in [1.807, 2.05) is 16.8 Å². The Labute approximate surface area is 154 Å². The number of hydrogen-bond acceptors (Lipinski definition) is 3. The lowest BCUT2D eigenvalue weighted by atomic mass is 9.90. The monoisotopic (exact) mass is 364 g/mol. The molecule has 4 nitrogen and oxygen atoms in total. The van der Waals surface area contributed by atoms with Crippen molar-refractivity contribution < 1.29 is 4.39 Å². The van der Waals surface area contributed by atoms with Gasteiger partial charge in [0.05, 0.1) is 11.4 Å². The molecule has 2 N–H and O–H groups in total. The van der Waals surface area contributed by atoms with E-state index in [4.69, 9.17) is 10.8 Å². The van der Waals surface area contributed by atoms with Crippen LogP contribution in [0.25, 0.3) is 5.69 Å². The van der Waals surface area contributed by atoms with E-state index < -0.39 is 0 Å². The van der Waals surface area contributed by atoms with Gasteiger partial charge >= 0.3 is 0 Å². The van der Waals surface area contributed by atoms with Crippen LogP contribution in [0, 0.1) is 11.2 Å². The van der Waals surface area contributed by atoms with Crippen molar-refractivity contribution in [1.29, 1.82) is 0 Å². The molecule has 0 saturated carbocycles. The van der Waals surface area contributed by atoms with Crippen LogP contribution in [0.15, 0.2) is 24.3 Å². The molecule has 6 heteroatoms. The molecule has 1 aromatic heterocycles. The van der Waals surface area contributed by atoms with E-state index in [1.165, 1.54) is 35.5 Å². The molecule has 136 valence electrons. The van der Waals surface area contributed by atoms with Crippen molar-refractivity contribution in [1.82, 2.24) is 14.7 Å². The van der Waals surface area contributed by atoms with E-state index in [0.717, 1.165) is 51.1 Å². The first-order valence-electron chi connectivity index (χ1n) is 8.86. The Balaban J connectivity index is 0.00000182. The Hall–Kier alpha value is -1.43. The largest absolute Gasteiger partial charge is 0.330 e. The molecule has 2 aliphatic rings. The van der Waals surface area contributed by atoms with Crippen molar-refractivity contribution in [3.05, 3.63) is 47.0 Å². The number of nitrogens with zero attached hydrogens (tertiary/aromatic N) is 3. The summed E-state index contributed by atoms with van der Waals surface area (Å²) in [5.41, 5.74) is 11.0. The maximum absolute atomic E-state index is 13.2. The highest BCUT2D eigenvalue weighted by molar-refractivity contribution is 5.85. The number of fused-ring (bicyclic) bond motifs is 1. The lowest BCUT2D eigenvalue weighted by molar-refractivity contribution is 0.271. The Morgan fingerprint density at radius 3 is 2.68 bits per heavy atom. The van der Waals surface area contributed by atoms with E-state index in [2.05, 4.69) is 11.8 Å². The van der Waals surface area contributed by atoms with Gasteiger partial charge in [0.1, 0.15) is 5.82 Å². The Morgan fingerprint density at radius 2 is 2.00 bits per heavy atom. The van der Waals surface area contributed by atoms with Crippen molar-refractivity contribution in [3.63, 3.8) is 0 Å². The van der Waals surface area contributed by atoms with Crippen molar-refractivity contribution >= 4 is 12.4 Å². The second kappa shape index (κ2) is 7.06. The molecule has 1 aliphatic heterocycles. The third kappa shape index (κ3) is 3.46. The van der Waals surface area contributed by atoms with Gasteiger partial charge in [-0.15, -0.1) is 12.4 Å². The van der Waals surface area contributed by atoms with Gasteiger partial charge in [0.25, 0.3) is 0 Å². The van der Waals surface area contributed by atoms with Gasteiger partial charge < -0.3 is 5.73 Å². The summed E-state index contributed by atoms with van der Waals surface area (Å²) in [6.45, 7) is 6.04. The van der Waals surface area contributed by atoms with Crippen LogP contribution in [0.3, 0.4) is 0 Å². The number of benzene rings is 1. The second-order valence-corrected chi connectivity index (χ2v) is 7.59. The molecule has 1 unspecified atom stereocenters. The molecule has 1 aliphatic carbocycles. The highest BCUT2D eigenvalue weighted by Crippen LogP contribution is 2.32. The Bertz CT molecular complexity index is 743. The van der Waals surface area contributed by atoms with Crippen molar-refractivity contribution in [2.75, 3.05) is 19.6 Å². The van der Waals surface area contributed by atoms with Crippen LogP contribution in [-0.2, 0) is 19.4 Å². The zero-order chi connectivity index (χ0) is 16.7. The lowest BCUT2D eigenvalue weighted by Crippen LogP contribution is -2.31. The summed E-state index contributed by atoms with van der Waals surface area (Å²) in [5, 5.41) is 4.89. The third-order valence-corrected chi connectivity index (χ3v) is 5.59. The maximum atomic E-state index is 13.2. The molecule has 2 heterocycles. The van der Waals surface area contributed by atoms with Crippen LogP contribution in [0.1, 0.15) is 36.7 Å². The van der Waals surface area contributed by atoms with E-state index in [9.17, 15) is 4.39 Å². The summed E-state index contributed by atoms with van der Waals surface area (Å²) < 4.78 is 15.2. The van der Waals surface area contributed by atoms with Gasteiger partial charge in [-0.25, -0.2) is 9.07 Å². The van der Waals surface area contributed by atoms with Crippen LogP contribution in [0.5, 0.6) is 0 Å². The SMILES string of the molecule is CC1(CN)CCN(Cc2nn(-c3ccc(F)cc3)c3c2CCC3)C1.Cl. The van der Waals surface area contributed by atoms with Crippen molar-refractivity contribution in [2.45, 2.75) is 39.2 Å². The minimum Gasteiger partial charge on any atom is -0.330 e. The van der Waals surface area contributed by atoms with Gasteiger partial charge in [-0.2, -0.15) is 5.10 Å². The number of nitrogens with two attached hydrogens (primary N) is 1. The minimum atomic E-state index is -0.207. The van der Waals surface area contributed by atoms with Gasteiger partial charge in [-0.3, -0.25) is 4.90 Å². The fourth-order valence-corrected chi connectivity index (χ4v) is 4.08. The molecular weight excluding hydrogens is 339 g/mol. The van der Waals surface area contributed by atoms with Gasteiger partial charge in [0, 0.05) is 18.8 Å². The molecule has 1 saturated heterocycles. The van der Waals surface area contributed by atoms with Crippen LogP contribution >= 0.6 is 12.4 Å². The molecule has 2 aromatic rings. The lowest BCUT2D eigenvalue weighted by Gasteiger charge is -2.22. The van der Waals surface area contributed by atoms with E-state index in [0.29, 0.717) is 0 Å². The van der Waals surface area contributed by atoms with Crippen LogP contribution < -0.4 is 5.73 Å². The highest BCUT2D eigenvalue weighted by Gasteiger charge is 2.33. The molecule has 0 spiro atoms. The normalized spacial score (nSPS) is 22.8. The fraction of sp³-hybridized carbons (Fsp3) is 0.526. The van der Waals surface area contributed by atoms with E-state index in [1.54, 1.807) is 0 Å². The molecule has 0 radical (unpaired) electrons. The highest BCUT2D eigenvalue weighted by atomic mass is 35.5. The quantitative estimate of drug-likeness (QED) is 0.906. The summed E-state index contributed by atoms with van der Waals surface area (Å²) in [6.07, 6.45) is 4.50. The van der Waals surface area contributed by atoms with Crippen LogP contribution in [0.4, 0.5) is 4.39 Å². The molecule has 0 amide bonds. The molecule has 1 aromatic carbocycles. The standard InChI is InChI=1S/C19H25FN4.ClH/c1-19(12-21)9-10-23(13-19)11-17-16-3-2-4-18(16)24(22-17)15-7-5-14(20)6-8-15;/h5-8H,2-4,9-13,21H2,1H3;1H. The number of likely N-dealkylation sites (tertiary alicyclic amines) is 1. The van der Waals surface area contributed by atoms with Gasteiger partial charge in [0.2, 0.25) is 0 Å². The number of hydrogen-bond donors (Lipinski definition) is 1. The molecule has 25 heavy (non-hydrogen) atoms. The van der Waals surface area contributed by atoms with Gasteiger partial charge in [-0.1, -0.05) is 6.92 Å². The van der Waals surface area contributed by atoms with Crippen LogP contribution in [-0.4, -0.2) is 34.3 Å². The number of halogens is 2. The third-order valence-electron chi connectivity index (χ3n) is 5.59. The van der Waals surface area contributed by atoms with Gasteiger partial charge in [-0.05, 0) is 74.0 Å². The smallest absolute Gasteiger partial charge is 0.123 e. The number of aromatic nitrogens is 2. The summed E-state index contributed by atoms with van der Waals surface area (Å²) in [6, 6.07) is 6.63. The predicted molar refractivity (Wildman–Crippen MR) is 99.9 cm³/mol. The molecule has 1 atom stereocenters. The number of rotatable bonds is 4. The molecule has 0 bridgehead atoms. The zero-order valence-electron chi connectivity index (χ0n) is 14.7. The zero-order valence-corrected chi connectivity index (χ0v) is 15.5. The average Bonchev–Trinajstić information content (AvgIpc) is 3.26. The summed E-state index contributed by atoms with van der Waals surface area (Å²) >= 11 is 0. The van der Waals surface area contributed by atoms with Crippen molar-refractivity contribution in [2.24, 2.45) is 11.1 Å². The molecule has 4 rings (SSSR count). The second-order valence-electron chi connectivity index (χ2n) is 7.59. The van der Waals surface area contributed by atoms with Crippen molar-refractivity contribution in [3.8, 4) is 5.69 Å². The first kappa shape index (κ1) is 18.4. The first-order valence-corrected chi connectivity index (χ1v) is 8.86. The topological polar surface area (TPSA) is 47.1 Å². The Morgan fingerprint density at radius 1 is 1.24 bits per heavy atom. The fourth-order valence-electron chi connectivity index (χ4n) is 4.08. The summed E-state index contributed by atoms with van der Waals surface area (Å²) in [4.78, 5) is 2.47. The maximum Gasteiger partial charge on any atom is 0.123 e. The van der Waals surface area contributed by atoms with E-state index in [-0.39, 0.29) is 23.6 Å². The predicted octanol–water partition coefficient (Wildman–Crippen LogP) is 3.09. The summed E-state index contributed by atoms with van der Waals surface area (Å²) in [5.74, 6) is -0.207. The average molecular weight is 365 g/mol. The summed E-state index contributed by atoms with van der Waals surface area (Å²) in [7, 11) is 0. The minimum absolute atomic E-state index is 0. The van der Waals surface area contributed by atoms with Crippen LogP contribution in [0.2, 0.25) is 0 Å². The van der Waals surface area contributed by atoms with E-state index >= 15 is 0 Å². The Kier molecular flexibility index (Phi) is 5.19. The molecular formula is C19H26ClFN4. The molecule has 1 fully saturated rings.